The zero-order valence-corrected chi connectivity index (χ0v) is 6.11. The van der Waals surface area contributed by atoms with Gasteiger partial charge in [-0.3, -0.25) is 0 Å². The van der Waals surface area contributed by atoms with E-state index in [1.54, 1.807) is 0 Å². The Morgan fingerprint density at radius 3 is 3.00 bits per heavy atom. The molecule has 0 aromatic heterocycles. The Hall–Kier alpha value is -0.0800. The minimum absolute atomic E-state index is 0.764. The molecule has 1 fully saturated rings. The van der Waals surface area contributed by atoms with Crippen LogP contribution in [-0.4, -0.2) is 26.2 Å². The van der Waals surface area contributed by atoms with E-state index in [-0.39, 0.29) is 0 Å². The summed E-state index contributed by atoms with van der Waals surface area (Å²) in [7, 11) is 2.05. The van der Waals surface area contributed by atoms with Crippen LogP contribution in [0.3, 0.4) is 0 Å². The van der Waals surface area contributed by atoms with Gasteiger partial charge in [-0.05, 0) is 39.4 Å². The monoisotopic (exact) mass is 128 g/mol. The third-order valence-corrected chi connectivity index (χ3v) is 1.98. The van der Waals surface area contributed by atoms with Crippen LogP contribution in [0.15, 0.2) is 0 Å². The van der Waals surface area contributed by atoms with E-state index in [4.69, 9.17) is 0 Å². The van der Waals surface area contributed by atoms with E-state index >= 15 is 0 Å². The predicted molar refractivity (Wildman–Crippen MR) is 39.6 cm³/mol. The van der Waals surface area contributed by atoms with E-state index in [1.165, 1.54) is 32.4 Å². The standard InChI is InChI=1S/C7H16N2/c1-8-7-3-2-5-9-6-4-7/h7-9H,2-6H2,1H3/t7-/m1/s1. The van der Waals surface area contributed by atoms with Crippen LogP contribution in [0.1, 0.15) is 19.3 Å². The zero-order chi connectivity index (χ0) is 6.53. The molecule has 2 nitrogen and oxygen atoms in total. The minimum Gasteiger partial charge on any atom is -0.317 e. The second kappa shape index (κ2) is 3.85. The minimum atomic E-state index is 0.764. The summed E-state index contributed by atoms with van der Waals surface area (Å²) in [6, 6.07) is 0.764. The molecule has 2 N–H and O–H groups in total. The summed E-state index contributed by atoms with van der Waals surface area (Å²) in [6.45, 7) is 2.39. The molecule has 0 bridgehead atoms. The third-order valence-electron chi connectivity index (χ3n) is 1.98. The molecule has 0 spiro atoms. The van der Waals surface area contributed by atoms with Crippen molar-refractivity contribution in [1.82, 2.24) is 10.6 Å². The maximum Gasteiger partial charge on any atom is 0.00766 e. The van der Waals surface area contributed by atoms with Crippen molar-refractivity contribution in [2.45, 2.75) is 25.3 Å². The Morgan fingerprint density at radius 1 is 1.33 bits per heavy atom. The fourth-order valence-corrected chi connectivity index (χ4v) is 1.31. The Kier molecular flexibility index (Phi) is 3.01. The SMILES string of the molecule is CN[C@@H]1CCCNCC1. The van der Waals surface area contributed by atoms with Gasteiger partial charge >= 0.3 is 0 Å². The first kappa shape index (κ1) is 7.03. The highest BCUT2D eigenvalue weighted by Gasteiger charge is 2.07. The molecule has 0 radical (unpaired) electrons. The van der Waals surface area contributed by atoms with Gasteiger partial charge in [0.25, 0.3) is 0 Å². The van der Waals surface area contributed by atoms with Gasteiger partial charge in [0.15, 0.2) is 0 Å². The number of rotatable bonds is 1. The molecule has 9 heavy (non-hydrogen) atoms. The lowest BCUT2D eigenvalue weighted by molar-refractivity contribution is 0.511. The predicted octanol–water partition coefficient (Wildman–Crippen LogP) is 0.348. The van der Waals surface area contributed by atoms with Gasteiger partial charge in [0.2, 0.25) is 0 Å². The number of hydrogen-bond donors (Lipinski definition) is 2. The van der Waals surface area contributed by atoms with Crippen molar-refractivity contribution in [2.75, 3.05) is 20.1 Å². The van der Waals surface area contributed by atoms with Crippen LogP contribution >= 0.6 is 0 Å². The highest BCUT2D eigenvalue weighted by Crippen LogP contribution is 2.02. The average molecular weight is 128 g/mol. The summed E-state index contributed by atoms with van der Waals surface area (Å²) in [5, 5.41) is 6.68. The summed E-state index contributed by atoms with van der Waals surface area (Å²) < 4.78 is 0. The Bertz CT molecular complexity index is 65.3. The van der Waals surface area contributed by atoms with Crippen LogP contribution < -0.4 is 10.6 Å². The van der Waals surface area contributed by atoms with Gasteiger partial charge < -0.3 is 10.6 Å². The Balaban J connectivity index is 2.18. The largest absolute Gasteiger partial charge is 0.317 e. The normalized spacial score (nSPS) is 29.7. The second-order valence-corrected chi connectivity index (χ2v) is 2.67. The second-order valence-electron chi connectivity index (χ2n) is 2.67. The molecule has 0 saturated carbocycles. The summed E-state index contributed by atoms with van der Waals surface area (Å²) in [6.07, 6.45) is 3.95. The summed E-state index contributed by atoms with van der Waals surface area (Å²) in [5.41, 5.74) is 0. The van der Waals surface area contributed by atoms with Crippen molar-refractivity contribution < 1.29 is 0 Å². The maximum absolute atomic E-state index is 3.37. The lowest BCUT2D eigenvalue weighted by Crippen LogP contribution is -2.25. The van der Waals surface area contributed by atoms with Crippen LogP contribution in [0.2, 0.25) is 0 Å². The van der Waals surface area contributed by atoms with E-state index in [0.29, 0.717) is 0 Å². The molecule has 0 aromatic carbocycles. The van der Waals surface area contributed by atoms with Gasteiger partial charge in [-0.25, -0.2) is 0 Å². The van der Waals surface area contributed by atoms with Crippen LogP contribution in [0.5, 0.6) is 0 Å². The fourth-order valence-electron chi connectivity index (χ4n) is 1.31. The molecule has 1 atom stereocenters. The van der Waals surface area contributed by atoms with Crippen molar-refractivity contribution in [3.63, 3.8) is 0 Å². The lowest BCUT2D eigenvalue weighted by atomic mass is 10.1. The van der Waals surface area contributed by atoms with Crippen LogP contribution in [-0.2, 0) is 0 Å². The van der Waals surface area contributed by atoms with Gasteiger partial charge in [-0.2, -0.15) is 0 Å². The lowest BCUT2D eigenvalue weighted by Gasteiger charge is -2.10. The maximum atomic E-state index is 3.37. The number of nitrogens with one attached hydrogen (secondary N) is 2. The van der Waals surface area contributed by atoms with E-state index < -0.39 is 0 Å². The first-order valence-corrected chi connectivity index (χ1v) is 3.81. The van der Waals surface area contributed by atoms with E-state index in [1.807, 2.05) is 0 Å². The van der Waals surface area contributed by atoms with E-state index in [0.717, 1.165) is 6.04 Å². The third kappa shape index (κ3) is 2.33. The van der Waals surface area contributed by atoms with Crippen LogP contribution in [0, 0.1) is 0 Å². The van der Waals surface area contributed by atoms with Crippen molar-refractivity contribution in [1.29, 1.82) is 0 Å². The van der Waals surface area contributed by atoms with Gasteiger partial charge in [0.1, 0.15) is 0 Å². The molecule has 1 aliphatic rings. The summed E-state index contributed by atoms with van der Waals surface area (Å²) in [4.78, 5) is 0. The first-order valence-electron chi connectivity index (χ1n) is 3.81. The molecule has 0 amide bonds. The smallest absolute Gasteiger partial charge is 0.00766 e. The van der Waals surface area contributed by atoms with Crippen LogP contribution in [0.25, 0.3) is 0 Å². The molecule has 0 aromatic rings. The van der Waals surface area contributed by atoms with Gasteiger partial charge in [0, 0.05) is 6.04 Å². The highest BCUT2D eigenvalue weighted by molar-refractivity contribution is 4.69. The van der Waals surface area contributed by atoms with E-state index in [2.05, 4.69) is 17.7 Å². The molecule has 1 saturated heterocycles. The fraction of sp³-hybridized carbons (Fsp3) is 1.00. The quantitative estimate of drug-likeness (QED) is 0.532. The van der Waals surface area contributed by atoms with Crippen molar-refractivity contribution in [3.05, 3.63) is 0 Å². The Labute approximate surface area is 57.0 Å². The van der Waals surface area contributed by atoms with Gasteiger partial charge in [-0.15, -0.1) is 0 Å². The van der Waals surface area contributed by atoms with Crippen molar-refractivity contribution >= 4 is 0 Å². The summed E-state index contributed by atoms with van der Waals surface area (Å²) in [5.74, 6) is 0. The zero-order valence-electron chi connectivity index (χ0n) is 6.11. The summed E-state index contributed by atoms with van der Waals surface area (Å²) >= 11 is 0. The molecule has 2 heteroatoms. The first-order chi connectivity index (χ1) is 4.43. The topological polar surface area (TPSA) is 24.1 Å². The molecule has 1 aliphatic heterocycles. The average Bonchev–Trinajstić information content (AvgIpc) is 2.13. The molecular formula is C7H16N2. The van der Waals surface area contributed by atoms with E-state index in [9.17, 15) is 0 Å². The molecule has 54 valence electrons. The van der Waals surface area contributed by atoms with Crippen molar-refractivity contribution in [3.8, 4) is 0 Å². The molecule has 0 aliphatic carbocycles. The van der Waals surface area contributed by atoms with Gasteiger partial charge in [0.05, 0.1) is 0 Å². The molecule has 1 heterocycles. The number of hydrogen-bond acceptors (Lipinski definition) is 2. The van der Waals surface area contributed by atoms with Crippen molar-refractivity contribution in [2.24, 2.45) is 0 Å². The van der Waals surface area contributed by atoms with Crippen LogP contribution in [0.4, 0.5) is 0 Å². The Morgan fingerprint density at radius 2 is 2.22 bits per heavy atom. The van der Waals surface area contributed by atoms with Gasteiger partial charge in [-0.1, -0.05) is 0 Å². The molecule has 0 unspecified atom stereocenters. The molecular weight excluding hydrogens is 112 g/mol. The highest BCUT2D eigenvalue weighted by atomic mass is 14.9. The molecule has 1 rings (SSSR count).